The molecule has 0 aliphatic carbocycles. The first-order chi connectivity index (χ1) is 8.92. The fraction of sp³-hybridized carbons (Fsp3) is 0.462. The molecule has 1 saturated heterocycles. The zero-order chi connectivity index (χ0) is 14.0. The van der Waals surface area contributed by atoms with Gasteiger partial charge in [-0.1, -0.05) is 22.9 Å². The Hall–Kier alpha value is 0.0900. The molecule has 0 atom stereocenters. The Morgan fingerprint density at radius 3 is 2.26 bits per heavy atom. The molecule has 1 aromatic rings. The van der Waals surface area contributed by atoms with Crippen molar-refractivity contribution < 1.29 is 4.79 Å². The summed E-state index contributed by atoms with van der Waals surface area (Å²) in [5, 5.41) is 6.32. The molecule has 0 spiro atoms. The van der Waals surface area contributed by atoms with Gasteiger partial charge in [0.1, 0.15) is 0 Å². The molecule has 1 aliphatic rings. The average molecular weight is 455 g/mol. The van der Waals surface area contributed by atoms with Crippen molar-refractivity contribution in [3.8, 4) is 0 Å². The second-order valence-electron chi connectivity index (χ2n) is 5.01. The Morgan fingerprint density at radius 2 is 1.74 bits per heavy atom. The maximum atomic E-state index is 12.5. The summed E-state index contributed by atoms with van der Waals surface area (Å²) in [6.45, 7) is 3.82. The van der Waals surface area contributed by atoms with Crippen LogP contribution in [-0.2, 0) is 4.79 Å². The van der Waals surface area contributed by atoms with Crippen molar-refractivity contribution in [1.29, 1.82) is 0 Å². The SMILES string of the molecule is CC1(C(=O)Nc2c(Br)cc(Br)cc2Br)CCNCC1. The lowest BCUT2D eigenvalue weighted by atomic mass is 9.80. The largest absolute Gasteiger partial charge is 0.324 e. The molecule has 6 heteroatoms. The van der Waals surface area contributed by atoms with Gasteiger partial charge in [0.05, 0.1) is 5.69 Å². The number of amides is 1. The highest BCUT2D eigenvalue weighted by atomic mass is 79.9. The molecule has 0 saturated carbocycles. The van der Waals surface area contributed by atoms with Crippen LogP contribution in [0.25, 0.3) is 0 Å². The molecule has 1 aliphatic heterocycles. The fourth-order valence-corrected chi connectivity index (χ4v) is 4.59. The van der Waals surface area contributed by atoms with Crippen molar-refractivity contribution in [3.05, 3.63) is 25.6 Å². The van der Waals surface area contributed by atoms with Gasteiger partial charge >= 0.3 is 0 Å². The van der Waals surface area contributed by atoms with Crippen LogP contribution in [0.15, 0.2) is 25.6 Å². The van der Waals surface area contributed by atoms with Crippen LogP contribution in [0.4, 0.5) is 5.69 Å². The summed E-state index contributed by atoms with van der Waals surface area (Å²) in [7, 11) is 0. The number of hydrogen-bond acceptors (Lipinski definition) is 2. The highest BCUT2D eigenvalue weighted by molar-refractivity contribution is 9.11. The number of carbonyl (C=O) groups excluding carboxylic acids is 1. The molecule has 1 amide bonds. The summed E-state index contributed by atoms with van der Waals surface area (Å²) in [5.41, 5.74) is 0.491. The number of hydrogen-bond donors (Lipinski definition) is 2. The fourth-order valence-electron chi connectivity index (χ4n) is 2.13. The van der Waals surface area contributed by atoms with E-state index in [1.807, 2.05) is 19.1 Å². The van der Waals surface area contributed by atoms with E-state index in [0.29, 0.717) is 0 Å². The first kappa shape index (κ1) is 15.5. The number of piperidine rings is 1. The predicted molar refractivity (Wildman–Crippen MR) is 88.4 cm³/mol. The van der Waals surface area contributed by atoms with E-state index in [4.69, 9.17) is 0 Å². The van der Waals surface area contributed by atoms with Gasteiger partial charge in [-0.3, -0.25) is 4.79 Å². The Bertz CT molecular complexity index is 476. The van der Waals surface area contributed by atoms with Crippen molar-refractivity contribution in [3.63, 3.8) is 0 Å². The standard InChI is InChI=1S/C13H15Br3N2O/c1-13(2-4-17-5-3-13)12(19)18-11-9(15)6-8(14)7-10(11)16/h6-7,17H,2-5H2,1H3,(H,18,19). The van der Waals surface area contributed by atoms with E-state index in [9.17, 15) is 4.79 Å². The van der Waals surface area contributed by atoms with Crippen LogP contribution in [-0.4, -0.2) is 19.0 Å². The molecule has 19 heavy (non-hydrogen) atoms. The topological polar surface area (TPSA) is 41.1 Å². The normalized spacial score (nSPS) is 18.1. The van der Waals surface area contributed by atoms with E-state index in [0.717, 1.165) is 45.0 Å². The Kier molecular flexibility index (Phi) is 5.09. The summed E-state index contributed by atoms with van der Waals surface area (Å²) in [6.07, 6.45) is 1.73. The Balaban J connectivity index is 2.19. The molecule has 1 heterocycles. The third-order valence-electron chi connectivity index (χ3n) is 3.50. The van der Waals surface area contributed by atoms with Crippen LogP contribution in [0, 0.1) is 5.41 Å². The van der Waals surface area contributed by atoms with Crippen molar-refractivity contribution in [2.24, 2.45) is 5.41 Å². The minimum absolute atomic E-state index is 0.0812. The molecule has 104 valence electrons. The second kappa shape index (κ2) is 6.24. The highest BCUT2D eigenvalue weighted by Crippen LogP contribution is 2.36. The van der Waals surface area contributed by atoms with Crippen LogP contribution in [0.5, 0.6) is 0 Å². The highest BCUT2D eigenvalue weighted by Gasteiger charge is 2.35. The quantitative estimate of drug-likeness (QED) is 0.699. The Labute approximate surface area is 138 Å². The molecular formula is C13H15Br3N2O. The molecular weight excluding hydrogens is 440 g/mol. The van der Waals surface area contributed by atoms with E-state index in [1.54, 1.807) is 0 Å². The van der Waals surface area contributed by atoms with Gasteiger partial charge in [-0.15, -0.1) is 0 Å². The van der Waals surface area contributed by atoms with Crippen molar-refractivity contribution in [1.82, 2.24) is 5.32 Å². The molecule has 1 fully saturated rings. The monoisotopic (exact) mass is 452 g/mol. The van der Waals surface area contributed by atoms with E-state index in [2.05, 4.69) is 58.4 Å². The molecule has 2 N–H and O–H groups in total. The van der Waals surface area contributed by atoms with E-state index in [-0.39, 0.29) is 11.3 Å². The van der Waals surface area contributed by atoms with Gasteiger partial charge in [0.2, 0.25) is 5.91 Å². The van der Waals surface area contributed by atoms with Gasteiger partial charge in [0, 0.05) is 18.8 Å². The van der Waals surface area contributed by atoms with Crippen LogP contribution < -0.4 is 10.6 Å². The molecule has 0 unspecified atom stereocenters. The van der Waals surface area contributed by atoms with E-state index in [1.165, 1.54) is 0 Å². The van der Waals surface area contributed by atoms with Gasteiger partial charge in [-0.05, 0) is 69.9 Å². The smallest absolute Gasteiger partial charge is 0.230 e. The number of carbonyl (C=O) groups is 1. The molecule has 2 rings (SSSR count). The van der Waals surface area contributed by atoms with Crippen LogP contribution in [0.3, 0.4) is 0 Å². The second-order valence-corrected chi connectivity index (χ2v) is 7.63. The van der Waals surface area contributed by atoms with Crippen LogP contribution >= 0.6 is 47.8 Å². The predicted octanol–water partition coefficient (Wildman–Crippen LogP) is 4.30. The molecule has 0 radical (unpaired) electrons. The van der Waals surface area contributed by atoms with E-state index >= 15 is 0 Å². The number of benzene rings is 1. The lowest BCUT2D eigenvalue weighted by molar-refractivity contribution is -0.126. The number of anilines is 1. The third-order valence-corrected chi connectivity index (χ3v) is 5.21. The van der Waals surface area contributed by atoms with Crippen molar-refractivity contribution >= 4 is 59.4 Å². The van der Waals surface area contributed by atoms with Gasteiger partial charge in [0.15, 0.2) is 0 Å². The van der Waals surface area contributed by atoms with Gasteiger partial charge in [0.25, 0.3) is 0 Å². The summed E-state index contributed by atoms with van der Waals surface area (Å²) in [5.74, 6) is 0.0812. The zero-order valence-electron chi connectivity index (χ0n) is 10.5. The Morgan fingerprint density at radius 1 is 1.21 bits per heavy atom. The van der Waals surface area contributed by atoms with E-state index < -0.39 is 0 Å². The van der Waals surface area contributed by atoms with Crippen LogP contribution in [0.2, 0.25) is 0 Å². The first-order valence-corrected chi connectivity index (χ1v) is 8.47. The van der Waals surface area contributed by atoms with Gasteiger partial charge in [-0.2, -0.15) is 0 Å². The summed E-state index contributed by atoms with van der Waals surface area (Å²) in [6, 6.07) is 3.84. The zero-order valence-corrected chi connectivity index (χ0v) is 15.3. The van der Waals surface area contributed by atoms with Crippen molar-refractivity contribution in [2.45, 2.75) is 19.8 Å². The minimum Gasteiger partial charge on any atom is -0.324 e. The summed E-state index contributed by atoms with van der Waals surface area (Å²) >= 11 is 10.4. The molecule has 0 bridgehead atoms. The molecule has 1 aromatic carbocycles. The maximum absolute atomic E-state index is 12.5. The third kappa shape index (κ3) is 3.60. The van der Waals surface area contributed by atoms with Gasteiger partial charge < -0.3 is 10.6 Å². The molecule has 3 nitrogen and oxygen atoms in total. The maximum Gasteiger partial charge on any atom is 0.230 e. The minimum atomic E-state index is -0.294. The number of rotatable bonds is 2. The first-order valence-electron chi connectivity index (χ1n) is 6.09. The van der Waals surface area contributed by atoms with Gasteiger partial charge in [-0.25, -0.2) is 0 Å². The summed E-state index contributed by atoms with van der Waals surface area (Å²) < 4.78 is 2.68. The lowest BCUT2D eigenvalue weighted by Crippen LogP contribution is -2.42. The number of nitrogens with one attached hydrogen (secondary N) is 2. The lowest BCUT2D eigenvalue weighted by Gasteiger charge is -2.32. The summed E-state index contributed by atoms with van der Waals surface area (Å²) in [4.78, 5) is 12.5. The average Bonchev–Trinajstić information content (AvgIpc) is 2.34. The van der Waals surface area contributed by atoms with Crippen molar-refractivity contribution in [2.75, 3.05) is 18.4 Å². The molecule has 0 aromatic heterocycles. The number of halogens is 3. The van der Waals surface area contributed by atoms with Crippen LogP contribution in [0.1, 0.15) is 19.8 Å².